The Morgan fingerprint density at radius 1 is 1.29 bits per heavy atom. The molecule has 2 heterocycles. The fourth-order valence-electron chi connectivity index (χ4n) is 2.93. The van der Waals surface area contributed by atoms with Crippen LogP contribution in [0.25, 0.3) is 0 Å². The smallest absolute Gasteiger partial charge is 0.174 e. The van der Waals surface area contributed by atoms with Gasteiger partial charge in [0.05, 0.1) is 30.6 Å². The summed E-state index contributed by atoms with van der Waals surface area (Å²) in [5.41, 5.74) is 2.24. The zero-order valence-electron chi connectivity index (χ0n) is 13.5. The van der Waals surface area contributed by atoms with E-state index in [9.17, 15) is 4.79 Å². The zero-order chi connectivity index (χ0) is 16.8. The van der Waals surface area contributed by atoms with Crippen molar-refractivity contribution in [1.82, 2.24) is 4.90 Å². The highest BCUT2D eigenvalue weighted by Gasteiger charge is 2.26. The standard InChI is InChI=1S/C19H20N2O2S/c20-8-7-15-3-5-16(6-4-15)13-21-9-10-23-14-17(21)12-18(22)19-2-1-11-24-19/h1-6,11,17H,7,9-10,12-14H2/t17-/m1/s1. The van der Waals surface area contributed by atoms with E-state index in [2.05, 4.69) is 23.1 Å². The van der Waals surface area contributed by atoms with Gasteiger partial charge in [0.15, 0.2) is 5.78 Å². The monoisotopic (exact) mass is 340 g/mol. The number of nitriles is 1. The van der Waals surface area contributed by atoms with Gasteiger partial charge in [0, 0.05) is 25.6 Å². The van der Waals surface area contributed by atoms with Gasteiger partial charge in [-0.1, -0.05) is 30.3 Å². The van der Waals surface area contributed by atoms with Crippen molar-refractivity contribution < 1.29 is 9.53 Å². The van der Waals surface area contributed by atoms with E-state index < -0.39 is 0 Å². The van der Waals surface area contributed by atoms with Gasteiger partial charge in [-0.05, 0) is 22.6 Å². The Kier molecular flexibility index (Phi) is 5.76. The summed E-state index contributed by atoms with van der Waals surface area (Å²) in [7, 11) is 0. The zero-order valence-corrected chi connectivity index (χ0v) is 14.3. The van der Waals surface area contributed by atoms with Crippen molar-refractivity contribution in [2.75, 3.05) is 19.8 Å². The van der Waals surface area contributed by atoms with Crippen LogP contribution >= 0.6 is 11.3 Å². The number of hydrogen-bond acceptors (Lipinski definition) is 5. The lowest BCUT2D eigenvalue weighted by Gasteiger charge is -2.35. The molecular formula is C19H20N2O2S. The molecule has 1 aromatic carbocycles. The predicted molar refractivity (Wildman–Crippen MR) is 94.0 cm³/mol. The maximum atomic E-state index is 12.4. The molecule has 0 N–H and O–H groups in total. The molecule has 0 unspecified atom stereocenters. The van der Waals surface area contributed by atoms with E-state index >= 15 is 0 Å². The van der Waals surface area contributed by atoms with Crippen molar-refractivity contribution in [3.63, 3.8) is 0 Å². The highest BCUT2D eigenvalue weighted by atomic mass is 32.1. The normalized spacial score (nSPS) is 18.2. The topological polar surface area (TPSA) is 53.3 Å². The molecule has 1 aromatic heterocycles. The number of rotatable bonds is 6. The number of nitrogens with zero attached hydrogens (tertiary/aromatic N) is 2. The average Bonchev–Trinajstić information content (AvgIpc) is 3.13. The molecule has 0 aliphatic carbocycles. The minimum Gasteiger partial charge on any atom is -0.378 e. The minimum atomic E-state index is 0.118. The Morgan fingerprint density at radius 2 is 2.08 bits per heavy atom. The minimum absolute atomic E-state index is 0.118. The Bertz CT molecular complexity index is 704. The summed E-state index contributed by atoms with van der Waals surface area (Å²) in [6.45, 7) is 2.95. The molecule has 5 heteroatoms. The molecule has 1 saturated heterocycles. The van der Waals surface area contributed by atoms with Crippen molar-refractivity contribution in [1.29, 1.82) is 5.26 Å². The molecule has 1 fully saturated rings. The van der Waals surface area contributed by atoms with Gasteiger partial charge >= 0.3 is 0 Å². The lowest BCUT2D eigenvalue weighted by molar-refractivity contribution is -0.0125. The van der Waals surface area contributed by atoms with E-state index in [0.717, 1.165) is 23.5 Å². The number of ether oxygens (including phenoxy) is 1. The maximum absolute atomic E-state index is 12.4. The van der Waals surface area contributed by atoms with Gasteiger partial charge in [-0.3, -0.25) is 9.69 Å². The summed E-state index contributed by atoms with van der Waals surface area (Å²) in [5.74, 6) is 0.190. The largest absolute Gasteiger partial charge is 0.378 e. The Morgan fingerprint density at radius 3 is 2.79 bits per heavy atom. The molecule has 4 nitrogen and oxygen atoms in total. The third-order valence-corrected chi connectivity index (χ3v) is 5.17. The van der Waals surface area contributed by atoms with Crippen molar-refractivity contribution in [2.45, 2.75) is 25.4 Å². The fourth-order valence-corrected chi connectivity index (χ4v) is 3.60. The summed E-state index contributed by atoms with van der Waals surface area (Å²) in [6.07, 6.45) is 0.933. The van der Waals surface area contributed by atoms with E-state index in [1.165, 1.54) is 16.9 Å². The van der Waals surface area contributed by atoms with Crippen molar-refractivity contribution in [2.24, 2.45) is 0 Å². The van der Waals surface area contributed by atoms with Gasteiger partial charge < -0.3 is 4.74 Å². The number of thiophene rings is 1. The highest BCUT2D eigenvalue weighted by Crippen LogP contribution is 2.19. The van der Waals surface area contributed by atoms with E-state index in [0.29, 0.717) is 26.1 Å². The highest BCUT2D eigenvalue weighted by molar-refractivity contribution is 7.12. The van der Waals surface area contributed by atoms with Crippen LogP contribution in [0.4, 0.5) is 0 Å². The SMILES string of the molecule is N#CCc1ccc(CN2CCOC[C@H]2CC(=O)c2cccs2)cc1. The van der Waals surface area contributed by atoms with Crippen LogP contribution < -0.4 is 0 Å². The van der Waals surface area contributed by atoms with Crippen molar-refractivity contribution in [3.05, 3.63) is 57.8 Å². The predicted octanol–water partition coefficient (Wildman–Crippen LogP) is 3.29. The summed E-state index contributed by atoms with van der Waals surface area (Å²) < 4.78 is 5.59. The first-order valence-corrected chi connectivity index (χ1v) is 8.97. The molecule has 0 radical (unpaired) electrons. The van der Waals surface area contributed by atoms with Crippen molar-refractivity contribution in [3.8, 4) is 6.07 Å². The van der Waals surface area contributed by atoms with Crippen LogP contribution in [0.1, 0.15) is 27.2 Å². The second kappa shape index (κ2) is 8.20. The van der Waals surface area contributed by atoms with Crippen LogP contribution in [0, 0.1) is 11.3 Å². The summed E-state index contributed by atoms with van der Waals surface area (Å²) in [5, 5.41) is 10.7. The molecule has 3 rings (SSSR count). The number of Topliss-reactive ketones (excluding diaryl/α,β-unsaturated/α-hetero) is 1. The first-order chi connectivity index (χ1) is 11.8. The van der Waals surface area contributed by atoms with Gasteiger partial charge in [-0.15, -0.1) is 11.3 Å². The second-order valence-corrected chi connectivity index (χ2v) is 6.90. The van der Waals surface area contributed by atoms with Crippen LogP contribution in [0.3, 0.4) is 0 Å². The van der Waals surface area contributed by atoms with Gasteiger partial charge in [-0.2, -0.15) is 5.26 Å². The molecule has 2 aromatic rings. The fraction of sp³-hybridized carbons (Fsp3) is 0.368. The van der Waals surface area contributed by atoms with E-state index in [1.807, 2.05) is 29.6 Å². The third kappa shape index (κ3) is 4.30. The van der Waals surface area contributed by atoms with Gasteiger partial charge in [-0.25, -0.2) is 0 Å². The first-order valence-electron chi connectivity index (χ1n) is 8.09. The Hall–Kier alpha value is -2.00. The summed E-state index contributed by atoms with van der Waals surface area (Å²) in [6, 6.07) is 14.2. The Balaban J connectivity index is 1.63. The van der Waals surface area contributed by atoms with Crippen molar-refractivity contribution >= 4 is 17.1 Å². The lowest BCUT2D eigenvalue weighted by atomic mass is 10.0. The van der Waals surface area contributed by atoms with E-state index in [4.69, 9.17) is 10.00 Å². The molecule has 1 atom stereocenters. The Labute approximate surface area is 146 Å². The molecule has 0 amide bonds. The number of ketones is 1. The molecular weight excluding hydrogens is 320 g/mol. The van der Waals surface area contributed by atoms with Crippen LogP contribution in [0.15, 0.2) is 41.8 Å². The lowest BCUT2D eigenvalue weighted by Crippen LogP contribution is -2.45. The van der Waals surface area contributed by atoms with Crippen LogP contribution in [0.2, 0.25) is 0 Å². The molecule has 0 saturated carbocycles. The molecule has 24 heavy (non-hydrogen) atoms. The number of morpholine rings is 1. The molecule has 1 aliphatic heterocycles. The number of carbonyl (C=O) groups excluding carboxylic acids is 1. The molecule has 1 aliphatic rings. The average molecular weight is 340 g/mol. The van der Waals surface area contributed by atoms with Gasteiger partial charge in [0.2, 0.25) is 0 Å². The third-order valence-electron chi connectivity index (χ3n) is 4.26. The van der Waals surface area contributed by atoms with Gasteiger partial charge in [0.1, 0.15) is 0 Å². The quantitative estimate of drug-likeness (QED) is 0.757. The van der Waals surface area contributed by atoms with E-state index in [-0.39, 0.29) is 11.8 Å². The first kappa shape index (κ1) is 16.8. The molecule has 0 spiro atoms. The maximum Gasteiger partial charge on any atom is 0.174 e. The van der Waals surface area contributed by atoms with Gasteiger partial charge in [0.25, 0.3) is 0 Å². The number of hydrogen-bond donors (Lipinski definition) is 0. The number of benzene rings is 1. The molecule has 124 valence electrons. The van der Waals surface area contributed by atoms with E-state index in [1.54, 1.807) is 0 Å². The summed E-state index contributed by atoms with van der Waals surface area (Å²) >= 11 is 1.50. The summed E-state index contributed by atoms with van der Waals surface area (Å²) in [4.78, 5) is 15.5. The number of carbonyl (C=O) groups is 1. The van der Waals surface area contributed by atoms with Crippen LogP contribution in [-0.4, -0.2) is 36.5 Å². The molecule has 0 bridgehead atoms. The van der Waals surface area contributed by atoms with Crippen LogP contribution in [0.5, 0.6) is 0 Å². The van der Waals surface area contributed by atoms with Crippen LogP contribution in [-0.2, 0) is 17.7 Å². The second-order valence-electron chi connectivity index (χ2n) is 5.96.